The van der Waals surface area contributed by atoms with Crippen LogP contribution in [-0.4, -0.2) is 23.5 Å². The molecule has 1 heterocycles. The maximum absolute atomic E-state index is 12.1. The molecule has 0 bridgehead atoms. The Hall–Kier alpha value is -2.46. The lowest BCUT2D eigenvalue weighted by Crippen LogP contribution is -2.30. The highest BCUT2D eigenvalue weighted by molar-refractivity contribution is 6.20. The van der Waals surface area contributed by atoms with Crippen molar-refractivity contribution < 1.29 is 14.4 Å². The number of carbonyl (C=O) groups is 2. The van der Waals surface area contributed by atoms with E-state index >= 15 is 0 Å². The third-order valence-corrected chi connectivity index (χ3v) is 3.93. The molecule has 0 aromatic heterocycles. The molecular formula is C19H19NO3. The van der Waals surface area contributed by atoms with Crippen molar-refractivity contribution in [3.8, 4) is 0 Å². The van der Waals surface area contributed by atoms with Crippen LogP contribution in [0.4, 0.5) is 0 Å². The molecule has 1 aliphatic rings. The van der Waals surface area contributed by atoms with E-state index in [0.29, 0.717) is 17.7 Å². The fourth-order valence-electron chi connectivity index (χ4n) is 2.69. The molecule has 0 N–H and O–H groups in total. The van der Waals surface area contributed by atoms with Gasteiger partial charge >= 0.3 is 0 Å². The summed E-state index contributed by atoms with van der Waals surface area (Å²) >= 11 is 0. The molecule has 0 unspecified atom stereocenters. The largest absolute Gasteiger partial charge is 0.285 e. The van der Waals surface area contributed by atoms with E-state index in [4.69, 9.17) is 4.84 Å². The van der Waals surface area contributed by atoms with Gasteiger partial charge in [0, 0.05) is 0 Å². The molecule has 0 saturated carbocycles. The average molecular weight is 309 g/mol. The van der Waals surface area contributed by atoms with Crippen LogP contribution in [0.2, 0.25) is 0 Å². The molecular weight excluding hydrogens is 290 g/mol. The van der Waals surface area contributed by atoms with Crippen LogP contribution in [0.1, 0.15) is 45.5 Å². The van der Waals surface area contributed by atoms with Crippen LogP contribution < -0.4 is 0 Å². The first-order valence-corrected chi connectivity index (χ1v) is 7.92. The monoisotopic (exact) mass is 309 g/mol. The van der Waals surface area contributed by atoms with Gasteiger partial charge in [-0.15, -0.1) is 5.06 Å². The van der Waals surface area contributed by atoms with Crippen LogP contribution in [0.3, 0.4) is 0 Å². The van der Waals surface area contributed by atoms with Gasteiger partial charge in [0.1, 0.15) is 0 Å². The van der Waals surface area contributed by atoms with Crippen LogP contribution in [0.25, 0.3) is 0 Å². The highest BCUT2D eigenvalue weighted by atomic mass is 16.7. The molecule has 0 atom stereocenters. The van der Waals surface area contributed by atoms with Crippen molar-refractivity contribution in [2.75, 3.05) is 6.61 Å². The maximum Gasteiger partial charge on any atom is 0.285 e. The Morgan fingerprint density at radius 2 is 1.35 bits per heavy atom. The quantitative estimate of drug-likeness (QED) is 0.579. The molecule has 0 spiro atoms. The van der Waals surface area contributed by atoms with E-state index in [1.54, 1.807) is 24.3 Å². The molecule has 1 aliphatic heterocycles. The zero-order valence-corrected chi connectivity index (χ0v) is 12.9. The van der Waals surface area contributed by atoms with Crippen molar-refractivity contribution in [3.05, 3.63) is 71.3 Å². The number of benzene rings is 2. The third kappa shape index (κ3) is 3.48. The molecule has 0 aliphatic carbocycles. The molecule has 0 saturated heterocycles. The smallest absolute Gasteiger partial charge is 0.266 e. The van der Waals surface area contributed by atoms with E-state index in [1.165, 1.54) is 5.56 Å². The zero-order valence-electron chi connectivity index (χ0n) is 12.9. The van der Waals surface area contributed by atoms with Crippen molar-refractivity contribution >= 4 is 11.8 Å². The van der Waals surface area contributed by atoms with Crippen molar-refractivity contribution in [3.63, 3.8) is 0 Å². The molecule has 2 aromatic rings. The first kappa shape index (κ1) is 15.4. The Bertz CT molecular complexity index is 662. The Morgan fingerprint density at radius 3 is 2.00 bits per heavy atom. The maximum atomic E-state index is 12.1. The number of rotatable bonds is 7. The number of imide groups is 1. The second-order valence-corrected chi connectivity index (χ2v) is 5.58. The summed E-state index contributed by atoms with van der Waals surface area (Å²) < 4.78 is 0. The van der Waals surface area contributed by atoms with Crippen molar-refractivity contribution in [2.45, 2.75) is 25.7 Å². The van der Waals surface area contributed by atoms with Gasteiger partial charge in [-0.05, 0) is 37.0 Å². The lowest BCUT2D eigenvalue weighted by atomic mass is 10.1. The highest BCUT2D eigenvalue weighted by Crippen LogP contribution is 2.22. The molecule has 118 valence electrons. The zero-order chi connectivity index (χ0) is 16.1. The lowest BCUT2D eigenvalue weighted by Gasteiger charge is -2.13. The minimum Gasteiger partial charge on any atom is -0.266 e. The number of hydrogen-bond acceptors (Lipinski definition) is 3. The van der Waals surface area contributed by atoms with Crippen LogP contribution in [0.5, 0.6) is 0 Å². The highest BCUT2D eigenvalue weighted by Gasteiger charge is 2.36. The minimum atomic E-state index is -0.366. The Labute approximate surface area is 135 Å². The molecule has 4 nitrogen and oxygen atoms in total. The molecule has 2 amide bonds. The normalized spacial score (nSPS) is 13.5. The third-order valence-electron chi connectivity index (χ3n) is 3.93. The van der Waals surface area contributed by atoms with Gasteiger partial charge in [-0.2, -0.15) is 0 Å². The standard InChI is InChI=1S/C19H19NO3/c21-18-16-12-6-7-13-17(16)19(22)20(18)23-14-8-2-5-11-15-9-3-1-4-10-15/h1,3-4,6-7,9-10,12-13H,2,5,8,11,14H2. The first-order chi connectivity index (χ1) is 11.3. The molecule has 3 rings (SSSR count). The second kappa shape index (κ2) is 7.20. The van der Waals surface area contributed by atoms with Gasteiger partial charge in [0.25, 0.3) is 11.8 Å². The number of carbonyl (C=O) groups excluding carboxylic acids is 2. The van der Waals surface area contributed by atoms with E-state index in [-0.39, 0.29) is 11.8 Å². The summed E-state index contributed by atoms with van der Waals surface area (Å²) in [6.07, 6.45) is 3.92. The topological polar surface area (TPSA) is 46.6 Å². The predicted octanol–water partition coefficient (Wildman–Crippen LogP) is 3.63. The van der Waals surface area contributed by atoms with E-state index in [2.05, 4.69) is 12.1 Å². The Kier molecular flexibility index (Phi) is 4.83. The Balaban J connectivity index is 1.40. The summed E-state index contributed by atoms with van der Waals surface area (Å²) in [6, 6.07) is 17.1. The van der Waals surface area contributed by atoms with Crippen molar-refractivity contribution in [2.24, 2.45) is 0 Å². The van der Waals surface area contributed by atoms with Gasteiger partial charge in [0.05, 0.1) is 17.7 Å². The summed E-state index contributed by atoms with van der Waals surface area (Å²) in [5, 5.41) is 0.891. The van der Waals surface area contributed by atoms with Crippen LogP contribution >= 0.6 is 0 Å². The van der Waals surface area contributed by atoms with Crippen molar-refractivity contribution in [1.29, 1.82) is 0 Å². The SMILES string of the molecule is O=C1c2ccccc2C(=O)N1OCCCCCc1ccccc1. The van der Waals surface area contributed by atoms with Gasteiger partial charge in [0.15, 0.2) is 0 Å². The Morgan fingerprint density at radius 1 is 0.739 bits per heavy atom. The lowest BCUT2D eigenvalue weighted by molar-refractivity contribution is -0.0922. The van der Waals surface area contributed by atoms with Gasteiger partial charge in [-0.25, -0.2) is 0 Å². The number of aryl methyl sites for hydroxylation is 1. The summed E-state index contributed by atoms with van der Waals surface area (Å²) in [7, 11) is 0. The van der Waals surface area contributed by atoms with E-state index < -0.39 is 0 Å². The molecule has 2 aromatic carbocycles. The fourth-order valence-corrected chi connectivity index (χ4v) is 2.69. The second-order valence-electron chi connectivity index (χ2n) is 5.58. The number of hydrogen-bond donors (Lipinski definition) is 0. The van der Waals surface area contributed by atoms with E-state index in [1.807, 2.05) is 18.2 Å². The van der Waals surface area contributed by atoms with Crippen molar-refractivity contribution in [1.82, 2.24) is 5.06 Å². The van der Waals surface area contributed by atoms with Gasteiger partial charge in [-0.3, -0.25) is 14.4 Å². The number of hydroxylamine groups is 2. The van der Waals surface area contributed by atoms with E-state index in [0.717, 1.165) is 30.7 Å². The molecule has 0 fully saturated rings. The predicted molar refractivity (Wildman–Crippen MR) is 86.9 cm³/mol. The number of unbranched alkanes of at least 4 members (excludes halogenated alkanes) is 2. The van der Waals surface area contributed by atoms with Gasteiger partial charge in [0.2, 0.25) is 0 Å². The molecule has 4 heteroatoms. The summed E-state index contributed by atoms with van der Waals surface area (Å²) in [4.78, 5) is 29.6. The van der Waals surface area contributed by atoms with Crippen LogP contribution in [-0.2, 0) is 11.3 Å². The van der Waals surface area contributed by atoms with Gasteiger partial charge in [-0.1, -0.05) is 48.9 Å². The van der Waals surface area contributed by atoms with Crippen LogP contribution in [0.15, 0.2) is 54.6 Å². The number of nitrogens with zero attached hydrogens (tertiary/aromatic N) is 1. The van der Waals surface area contributed by atoms with Crippen LogP contribution in [0, 0.1) is 0 Å². The summed E-state index contributed by atoms with van der Waals surface area (Å²) in [5.41, 5.74) is 2.16. The summed E-state index contributed by atoms with van der Waals surface area (Å²) in [6.45, 7) is 0.375. The minimum absolute atomic E-state index is 0.366. The average Bonchev–Trinajstić information content (AvgIpc) is 2.84. The van der Waals surface area contributed by atoms with E-state index in [9.17, 15) is 9.59 Å². The number of fused-ring (bicyclic) bond motifs is 1. The fraction of sp³-hybridized carbons (Fsp3) is 0.263. The number of amides is 2. The molecule has 0 radical (unpaired) electrons. The summed E-state index contributed by atoms with van der Waals surface area (Å²) in [5.74, 6) is -0.732. The molecule has 23 heavy (non-hydrogen) atoms. The van der Waals surface area contributed by atoms with Gasteiger partial charge < -0.3 is 0 Å². The first-order valence-electron chi connectivity index (χ1n) is 7.92.